The molecule has 1 aliphatic rings. The summed E-state index contributed by atoms with van der Waals surface area (Å²) in [5, 5.41) is 0.625. The van der Waals surface area contributed by atoms with E-state index in [-0.39, 0.29) is 0 Å². The Bertz CT molecular complexity index is 759. The van der Waals surface area contributed by atoms with Crippen LogP contribution in [0.2, 0.25) is 5.02 Å². The molecular weight excluding hydrogens is 298 g/mol. The monoisotopic (exact) mass is 311 g/mol. The first-order valence-electron chi connectivity index (χ1n) is 7.03. The standard InChI is InChI=1S/C18H14ClNO2/c1-2-12-3-5-13(6-4-12)11-16-18(21)22-17(20-16)14-7-9-15(19)10-8-14/h3-11H,2H2,1H3/b16-11-. The van der Waals surface area contributed by atoms with E-state index in [0.717, 1.165) is 17.5 Å². The van der Waals surface area contributed by atoms with Crippen molar-refractivity contribution in [3.05, 3.63) is 75.9 Å². The first-order valence-corrected chi connectivity index (χ1v) is 7.41. The van der Waals surface area contributed by atoms with Crippen LogP contribution in [0.4, 0.5) is 0 Å². The first kappa shape index (κ1) is 14.5. The summed E-state index contributed by atoms with van der Waals surface area (Å²) < 4.78 is 5.22. The Hall–Kier alpha value is -2.39. The average Bonchev–Trinajstić information content (AvgIpc) is 2.90. The molecule has 0 amide bonds. The van der Waals surface area contributed by atoms with Crippen LogP contribution in [0, 0.1) is 0 Å². The van der Waals surface area contributed by atoms with Crippen LogP contribution in [-0.4, -0.2) is 11.9 Å². The second-order valence-corrected chi connectivity index (χ2v) is 5.37. The number of esters is 1. The van der Waals surface area contributed by atoms with Gasteiger partial charge in [0.15, 0.2) is 5.70 Å². The van der Waals surface area contributed by atoms with E-state index in [2.05, 4.69) is 11.9 Å². The van der Waals surface area contributed by atoms with Crippen LogP contribution in [0.3, 0.4) is 0 Å². The number of rotatable bonds is 3. The van der Waals surface area contributed by atoms with Gasteiger partial charge in [-0.3, -0.25) is 0 Å². The third-order valence-electron chi connectivity index (χ3n) is 3.40. The molecule has 2 aromatic rings. The maximum atomic E-state index is 11.9. The summed E-state index contributed by atoms with van der Waals surface area (Å²) in [6, 6.07) is 15.0. The number of benzene rings is 2. The SMILES string of the molecule is CCc1ccc(/C=C2\N=C(c3ccc(Cl)cc3)OC2=O)cc1. The lowest BCUT2D eigenvalue weighted by Gasteiger charge is -1.98. The lowest BCUT2D eigenvalue weighted by atomic mass is 10.1. The smallest absolute Gasteiger partial charge is 0.363 e. The molecule has 22 heavy (non-hydrogen) atoms. The van der Waals surface area contributed by atoms with E-state index in [9.17, 15) is 4.79 Å². The lowest BCUT2D eigenvalue weighted by Crippen LogP contribution is -2.05. The molecule has 0 unspecified atom stereocenters. The fourth-order valence-electron chi connectivity index (χ4n) is 2.13. The topological polar surface area (TPSA) is 38.7 Å². The van der Waals surface area contributed by atoms with Crippen LogP contribution >= 0.6 is 11.6 Å². The van der Waals surface area contributed by atoms with Gasteiger partial charge in [0, 0.05) is 10.6 Å². The largest absolute Gasteiger partial charge is 0.402 e. The molecule has 0 aromatic heterocycles. The van der Waals surface area contributed by atoms with Crippen LogP contribution in [-0.2, 0) is 16.0 Å². The summed E-state index contributed by atoms with van der Waals surface area (Å²) in [5.41, 5.74) is 3.20. The average molecular weight is 312 g/mol. The minimum Gasteiger partial charge on any atom is -0.402 e. The van der Waals surface area contributed by atoms with E-state index in [4.69, 9.17) is 16.3 Å². The van der Waals surface area contributed by atoms with Crippen molar-refractivity contribution in [3.63, 3.8) is 0 Å². The molecule has 0 radical (unpaired) electrons. The molecule has 3 rings (SSSR count). The van der Waals surface area contributed by atoms with Gasteiger partial charge in [-0.15, -0.1) is 0 Å². The number of carbonyl (C=O) groups is 1. The quantitative estimate of drug-likeness (QED) is 0.628. The van der Waals surface area contributed by atoms with Gasteiger partial charge >= 0.3 is 5.97 Å². The molecular formula is C18H14ClNO2. The fraction of sp³-hybridized carbons (Fsp3) is 0.111. The van der Waals surface area contributed by atoms with Crippen molar-refractivity contribution in [2.24, 2.45) is 4.99 Å². The minimum atomic E-state index is -0.440. The number of hydrogen-bond acceptors (Lipinski definition) is 3. The van der Waals surface area contributed by atoms with Crippen molar-refractivity contribution in [3.8, 4) is 0 Å². The normalized spacial score (nSPS) is 15.8. The summed E-state index contributed by atoms with van der Waals surface area (Å²) in [5.74, 6) is -0.136. The Balaban J connectivity index is 1.88. The summed E-state index contributed by atoms with van der Waals surface area (Å²) in [6.45, 7) is 2.10. The van der Waals surface area contributed by atoms with E-state index in [1.54, 1.807) is 30.3 Å². The van der Waals surface area contributed by atoms with Crippen LogP contribution in [0.5, 0.6) is 0 Å². The van der Waals surface area contributed by atoms with Gasteiger partial charge in [0.05, 0.1) is 0 Å². The highest BCUT2D eigenvalue weighted by Crippen LogP contribution is 2.20. The van der Waals surface area contributed by atoms with Gasteiger partial charge in [0.1, 0.15) is 0 Å². The van der Waals surface area contributed by atoms with Gasteiger partial charge in [-0.05, 0) is 47.9 Å². The zero-order valence-corrected chi connectivity index (χ0v) is 12.8. The zero-order chi connectivity index (χ0) is 15.5. The van der Waals surface area contributed by atoms with E-state index < -0.39 is 5.97 Å². The second kappa shape index (κ2) is 6.16. The number of cyclic esters (lactones) is 1. The molecule has 1 aliphatic heterocycles. The van der Waals surface area contributed by atoms with Gasteiger partial charge < -0.3 is 4.74 Å². The highest BCUT2D eigenvalue weighted by molar-refractivity contribution is 6.30. The molecule has 4 heteroatoms. The lowest BCUT2D eigenvalue weighted by molar-refractivity contribution is -0.129. The molecule has 110 valence electrons. The summed E-state index contributed by atoms with van der Waals surface area (Å²) in [4.78, 5) is 16.2. The number of hydrogen-bond donors (Lipinski definition) is 0. The van der Waals surface area contributed by atoms with E-state index in [1.165, 1.54) is 5.56 Å². The molecule has 0 saturated carbocycles. The number of halogens is 1. The van der Waals surface area contributed by atoms with Crippen LogP contribution in [0.25, 0.3) is 6.08 Å². The molecule has 3 nitrogen and oxygen atoms in total. The van der Waals surface area contributed by atoms with Crippen LogP contribution in [0.1, 0.15) is 23.6 Å². The Labute approximate surface area is 133 Å². The predicted octanol–water partition coefficient (Wildman–Crippen LogP) is 4.25. The van der Waals surface area contributed by atoms with Crippen molar-refractivity contribution in [2.75, 3.05) is 0 Å². The maximum Gasteiger partial charge on any atom is 0.363 e. The molecule has 0 fully saturated rings. The van der Waals surface area contributed by atoms with Gasteiger partial charge in [-0.2, -0.15) is 0 Å². The molecule has 2 aromatic carbocycles. The van der Waals surface area contributed by atoms with E-state index >= 15 is 0 Å². The van der Waals surface area contributed by atoms with Gasteiger partial charge in [0.25, 0.3) is 0 Å². The number of nitrogens with zero attached hydrogens (tertiary/aromatic N) is 1. The van der Waals surface area contributed by atoms with E-state index in [1.807, 2.05) is 24.3 Å². The first-order chi connectivity index (χ1) is 10.7. The molecule has 0 N–H and O–H groups in total. The predicted molar refractivity (Wildman–Crippen MR) is 87.9 cm³/mol. The van der Waals surface area contributed by atoms with Crippen molar-refractivity contribution >= 4 is 29.5 Å². The summed E-state index contributed by atoms with van der Waals surface area (Å²) in [7, 11) is 0. The number of aliphatic imine (C=N–C) groups is 1. The van der Waals surface area contributed by atoms with Crippen molar-refractivity contribution in [1.29, 1.82) is 0 Å². The molecule has 0 bridgehead atoms. The number of carbonyl (C=O) groups excluding carboxylic acids is 1. The Morgan fingerprint density at radius 2 is 1.77 bits per heavy atom. The fourth-order valence-corrected chi connectivity index (χ4v) is 2.26. The Morgan fingerprint density at radius 3 is 2.41 bits per heavy atom. The molecule has 0 saturated heterocycles. The van der Waals surface area contributed by atoms with Crippen molar-refractivity contribution < 1.29 is 9.53 Å². The highest BCUT2D eigenvalue weighted by atomic mass is 35.5. The van der Waals surface area contributed by atoms with E-state index in [0.29, 0.717) is 16.6 Å². The van der Waals surface area contributed by atoms with Crippen molar-refractivity contribution in [2.45, 2.75) is 13.3 Å². The Morgan fingerprint density at radius 1 is 1.09 bits per heavy atom. The maximum absolute atomic E-state index is 11.9. The molecule has 0 aliphatic carbocycles. The molecule has 0 atom stereocenters. The van der Waals surface area contributed by atoms with Gasteiger partial charge in [-0.25, -0.2) is 9.79 Å². The number of ether oxygens (including phenoxy) is 1. The third kappa shape index (κ3) is 3.10. The van der Waals surface area contributed by atoms with Gasteiger partial charge in [0.2, 0.25) is 5.90 Å². The third-order valence-corrected chi connectivity index (χ3v) is 3.66. The second-order valence-electron chi connectivity index (χ2n) is 4.94. The summed E-state index contributed by atoms with van der Waals surface area (Å²) in [6.07, 6.45) is 2.71. The Kier molecular flexibility index (Phi) is 4.07. The van der Waals surface area contributed by atoms with Crippen molar-refractivity contribution in [1.82, 2.24) is 0 Å². The van der Waals surface area contributed by atoms with Gasteiger partial charge in [-0.1, -0.05) is 42.8 Å². The molecule has 1 heterocycles. The minimum absolute atomic E-state index is 0.300. The summed E-state index contributed by atoms with van der Waals surface area (Å²) >= 11 is 5.85. The highest BCUT2D eigenvalue weighted by Gasteiger charge is 2.23. The molecule has 0 spiro atoms. The van der Waals surface area contributed by atoms with Crippen LogP contribution in [0.15, 0.2) is 59.2 Å². The zero-order valence-electron chi connectivity index (χ0n) is 12.0. The van der Waals surface area contributed by atoms with Crippen LogP contribution < -0.4 is 0 Å². The number of aryl methyl sites for hydroxylation is 1.